The fourth-order valence-electron chi connectivity index (χ4n) is 2.14. The highest BCUT2D eigenvalue weighted by Gasteiger charge is 2.10. The molecule has 0 saturated carbocycles. The minimum atomic E-state index is -0.867. The van der Waals surface area contributed by atoms with Crippen LogP contribution in [-0.2, 0) is 6.61 Å². The fraction of sp³-hybridized carbons (Fsp3) is 0.0588. The van der Waals surface area contributed by atoms with Gasteiger partial charge in [-0.05, 0) is 38.8 Å². The highest BCUT2D eigenvalue weighted by molar-refractivity contribution is 9.10. The summed E-state index contributed by atoms with van der Waals surface area (Å²) in [5.74, 6) is -1.14. The number of rotatable bonds is 3. The van der Waals surface area contributed by atoms with Crippen molar-refractivity contribution in [2.75, 3.05) is 0 Å². The molecule has 0 saturated heterocycles. The molecule has 0 amide bonds. The second kappa shape index (κ2) is 5.82. The first-order valence-electron chi connectivity index (χ1n) is 6.40. The average Bonchev–Trinajstić information content (AvgIpc) is 2.51. The van der Waals surface area contributed by atoms with Gasteiger partial charge in [-0.1, -0.05) is 42.5 Å². The average molecular weight is 349 g/mol. The number of benzene rings is 3. The highest BCUT2D eigenvalue weighted by atomic mass is 79.9. The minimum absolute atomic E-state index is 0.0272. The van der Waals surface area contributed by atoms with Crippen LogP contribution in [0.1, 0.15) is 5.56 Å². The zero-order valence-corrected chi connectivity index (χ0v) is 12.5. The van der Waals surface area contributed by atoms with Gasteiger partial charge in [-0.2, -0.15) is 0 Å². The minimum Gasteiger partial charge on any atom is -0.488 e. The molecule has 0 aliphatic carbocycles. The molecule has 106 valence electrons. The molecule has 0 aliphatic heterocycles. The lowest BCUT2D eigenvalue weighted by molar-refractivity contribution is 0.296. The summed E-state index contributed by atoms with van der Waals surface area (Å²) in [6, 6.07) is 15.7. The Hall–Kier alpha value is -1.94. The van der Waals surface area contributed by atoms with Gasteiger partial charge >= 0.3 is 0 Å². The summed E-state index contributed by atoms with van der Waals surface area (Å²) in [6.07, 6.45) is 0. The molecule has 0 heterocycles. The smallest absolute Gasteiger partial charge is 0.165 e. The van der Waals surface area contributed by atoms with Crippen LogP contribution in [0.4, 0.5) is 8.78 Å². The summed E-state index contributed by atoms with van der Waals surface area (Å²) in [4.78, 5) is 0. The summed E-state index contributed by atoms with van der Waals surface area (Å²) in [5.41, 5.74) is 0.190. The molecule has 0 unspecified atom stereocenters. The van der Waals surface area contributed by atoms with Crippen LogP contribution in [-0.4, -0.2) is 0 Å². The number of halogens is 3. The van der Waals surface area contributed by atoms with Gasteiger partial charge in [0, 0.05) is 5.56 Å². The number of ether oxygens (including phenoxy) is 1. The Balaban J connectivity index is 1.89. The third-order valence-corrected chi connectivity index (χ3v) is 4.06. The lowest BCUT2D eigenvalue weighted by Crippen LogP contribution is -2.00. The van der Waals surface area contributed by atoms with E-state index >= 15 is 0 Å². The molecule has 3 rings (SSSR count). The summed E-state index contributed by atoms with van der Waals surface area (Å²) in [6.45, 7) is -0.0272. The Bertz CT molecular complexity index is 802. The van der Waals surface area contributed by atoms with Crippen molar-refractivity contribution < 1.29 is 13.5 Å². The van der Waals surface area contributed by atoms with Crippen LogP contribution in [0.15, 0.2) is 59.1 Å². The summed E-state index contributed by atoms with van der Waals surface area (Å²) in [5, 5.41) is 2.09. The van der Waals surface area contributed by atoms with Gasteiger partial charge in [0.25, 0.3) is 0 Å². The standard InChI is InChI=1S/C17H11BrF2O/c18-16-13-6-2-1-4-11(13)8-9-15(16)21-10-12-5-3-7-14(19)17(12)20/h1-9H,10H2. The maximum absolute atomic E-state index is 13.6. The van der Waals surface area contributed by atoms with Gasteiger partial charge in [-0.3, -0.25) is 0 Å². The maximum Gasteiger partial charge on any atom is 0.165 e. The molecule has 0 radical (unpaired) electrons. The van der Waals surface area contributed by atoms with Gasteiger partial charge in [-0.15, -0.1) is 0 Å². The molecule has 0 aromatic heterocycles. The molecule has 4 heteroatoms. The first-order valence-corrected chi connectivity index (χ1v) is 7.19. The molecule has 3 aromatic rings. The Morgan fingerprint density at radius 3 is 2.57 bits per heavy atom. The summed E-state index contributed by atoms with van der Waals surface area (Å²) >= 11 is 3.50. The van der Waals surface area contributed by atoms with Gasteiger partial charge in [0.2, 0.25) is 0 Å². The van der Waals surface area contributed by atoms with Crippen molar-refractivity contribution in [1.82, 2.24) is 0 Å². The van der Waals surface area contributed by atoms with Gasteiger partial charge in [0.15, 0.2) is 11.6 Å². The van der Waals surface area contributed by atoms with Crippen molar-refractivity contribution in [3.8, 4) is 5.75 Å². The zero-order chi connectivity index (χ0) is 14.8. The van der Waals surface area contributed by atoms with Gasteiger partial charge in [0.05, 0.1) is 4.47 Å². The van der Waals surface area contributed by atoms with Crippen LogP contribution in [0, 0.1) is 11.6 Å². The van der Waals surface area contributed by atoms with Gasteiger partial charge in [0.1, 0.15) is 12.4 Å². The maximum atomic E-state index is 13.6. The molecule has 0 spiro atoms. The molecule has 0 aliphatic rings. The van der Waals surface area contributed by atoms with Crippen molar-refractivity contribution in [3.63, 3.8) is 0 Å². The lowest BCUT2D eigenvalue weighted by Gasteiger charge is -2.11. The largest absolute Gasteiger partial charge is 0.488 e. The summed E-state index contributed by atoms with van der Waals surface area (Å²) < 4.78 is 33.2. The monoisotopic (exact) mass is 348 g/mol. The van der Waals surface area contributed by atoms with Crippen LogP contribution in [0.25, 0.3) is 10.8 Å². The Kier molecular flexibility index (Phi) is 3.88. The van der Waals surface area contributed by atoms with Crippen LogP contribution >= 0.6 is 15.9 Å². The zero-order valence-electron chi connectivity index (χ0n) is 10.9. The van der Waals surface area contributed by atoms with Crippen molar-refractivity contribution in [3.05, 3.63) is 76.3 Å². The van der Waals surface area contributed by atoms with E-state index in [1.165, 1.54) is 12.1 Å². The second-order valence-corrected chi connectivity index (χ2v) is 5.39. The molecule has 21 heavy (non-hydrogen) atoms. The fourth-order valence-corrected chi connectivity index (χ4v) is 2.75. The Labute approximate surface area is 129 Å². The van der Waals surface area contributed by atoms with Crippen molar-refractivity contribution >= 4 is 26.7 Å². The van der Waals surface area contributed by atoms with E-state index in [0.29, 0.717) is 5.75 Å². The van der Waals surface area contributed by atoms with E-state index in [4.69, 9.17) is 4.74 Å². The molecule has 0 fully saturated rings. The van der Waals surface area contributed by atoms with Crippen LogP contribution < -0.4 is 4.74 Å². The van der Waals surface area contributed by atoms with Crippen LogP contribution in [0.2, 0.25) is 0 Å². The van der Waals surface area contributed by atoms with E-state index in [0.717, 1.165) is 21.3 Å². The topological polar surface area (TPSA) is 9.23 Å². The number of fused-ring (bicyclic) bond motifs is 1. The number of hydrogen-bond donors (Lipinski definition) is 0. The molecule has 1 nitrogen and oxygen atoms in total. The Morgan fingerprint density at radius 1 is 0.905 bits per heavy atom. The third-order valence-electron chi connectivity index (χ3n) is 3.24. The molecule has 0 bridgehead atoms. The van der Waals surface area contributed by atoms with Crippen LogP contribution in [0.3, 0.4) is 0 Å². The lowest BCUT2D eigenvalue weighted by atomic mass is 10.1. The van der Waals surface area contributed by atoms with Crippen molar-refractivity contribution in [1.29, 1.82) is 0 Å². The van der Waals surface area contributed by atoms with Gasteiger partial charge in [-0.25, -0.2) is 8.78 Å². The summed E-state index contributed by atoms with van der Waals surface area (Å²) in [7, 11) is 0. The second-order valence-electron chi connectivity index (χ2n) is 4.60. The van der Waals surface area contributed by atoms with Crippen molar-refractivity contribution in [2.45, 2.75) is 6.61 Å². The first kappa shape index (κ1) is 14.0. The number of hydrogen-bond acceptors (Lipinski definition) is 1. The predicted molar refractivity (Wildman–Crippen MR) is 82.3 cm³/mol. The normalized spacial score (nSPS) is 10.8. The third kappa shape index (κ3) is 2.76. The predicted octanol–water partition coefficient (Wildman–Crippen LogP) is 5.46. The van der Waals surface area contributed by atoms with E-state index in [9.17, 15) is 8.78 Å². The van der Waals surface area contributed by atoms with Crippen LogP contribution in [0.5, 0.6) is 5.75 Å². The van der Waals surface area contributed by atoms with Gasteiger partial charge < -0.3 is 4.74 Å². The first-order chi connectivity index (χ1) is 10.2. The van der Waals surface area contributed by atoms with E-state index < -0.39 is 11.6 Å². The van der Waals surface area contributed by atoms with E-state index in [-0.39, 0.29) is 12.2 Å². The van der Waals surface area contributed by atoms with E-state index in [1.807, 2.05) is 36.4 Å². The molecule has 0 atom stereocenters. The molecular weight excluding hydrogens is 338 g/mol. The van der Waals surface area contributed by atoms with E-state index in [2.05, 4.69) is 15.9 Å². The quantitative estimate of drug-likeness (QED) is 0.610. The Morgan fingerprint density at radius 2 is 1.71 bits per heavy atom. The van der Waals surface area contributed by atoms with E-state index in [1.54, 1.807) is 0 Å². The van der Waals surface area contributed by atoms with Crippen molar-refractivity contribution in [2.24, 2.45) is 0 Å². The highest BCUT2D eigenvalue weighted by Crippen LogP contribution is 2.33. The molecule has 0 N–H and O–H groups in total. The molecular formula is C17H11BrF2O. The molecule has 3 aromatic carbocycles. The SMILES string of the molecule is Fc1cccc(COc2ccc3ccccc3c2Br)c1F.